The lowest BCUT2D eigenvalue weighted by atomic mass is 10.1. The van der Waals surface area contributed by atoms with Gasteiger partial charge in [0.2, 0.25) is 5.91 Å². The maximum absolute atomic E-state index is 11.8. The number of ether oxygens (including phenoxy) is 2. The minimum atomic E-state index is 0.0162. The summed E-state index contributed by atoms with van der Waals surface area (Å²) in [5, 5.41) is 3.01. The number of hydrogen-bond acceptors (Lipinski definition) is 3. The van der Waals surface area contributed by atoms with Crippen molar-refractivity contribution in [2.24, 2.45) is 0 Å². The van der Waals surface area contributed by atoms with E-state index in [1.165, 1.54) is 5.56 Å². The first-order chi connectivity index (χ1) is 9.26. The molecule has 0 aromatic heterocycles. The van der Waals surface area contributed by atoms with Gasteiger partial charge in [-0.1, -0.05) is 30.3 Å². The summed E-state index contributed by atoms with van der Waals surface area (Å²) in [4.78, 5) is 11.8. The fourth-order valence-corrected chi connectivity index (χ4v) is 1.93. The molecule has 0 aliphatic carbocycles. The van der Waals surface area contributed by atoms with Gasteiger partial charge in [0.05, 0.1) is 12.6 Å². The Morgan fingerprint density at radius 2 is 1.95 bits per heavy atom. The highest BCUT2D eigenvalue weighted by Gasteiger charge is 2.12. The number of rotatable bonds is 9. The second-order valence-electron chi connectivity index (χ2n) is 4.51. The van der Waals surface area contributed by atoms with Gasteiger partial charge in [-0.05, 0) is 18.4 Å². The molecular weight excluding hydrogens is 242 g/mol. The van der Waals surface area contributed by atoms with Gasteiger partial charge in [0, 0.05) is 27.2 Å². The zero-order valence-corrected chi connectivity index (χ0v) is 11.7. The highest BCUT2D eigenvalue weighted by atomic mass is 16.5. The lowest BCUT2D eigenvalue weighted by molar-refractivity contribution is -0.122. The minimum absolute atomic E-state index is 0.0162. The van der Waals surface area contributed by atoms with E-state index in [2.05, 4.69) is 17.4 Å². The summed E-state index contributed by atoms with van der Waals surface area (Å²) >= 11 is 0. The Balaban J connectivity index is 2.41. The number of benzene rings is 1. The van der Waals surface area contributed by atoms with Crippen LogP contribution in [0.4, 0.5) is 0 Å². The third-order valence-electron chi connectivity index (χ3n) is 2.81. The van der Waals surface area contributed by atoms with Gasteiger partial charge in [-0.15, -0.1) is 0 Å². The van der Waals surface area contributed by atoms with Crippen LogP contribution in [0.3, 0.4) is 0 Å². The van der Waals surface area contributed by atoms with E-state index in [0.717, 1.165) is 12.8 Å². The monoisotopic (exact) mass is 265 g/mol. The van der Waals surface area contributed by atoms with E-state index < -0.39 is 0 Å². The van der Waals surface area contributed by atoms with Crippen LogP contribution < -0.4 is 5.32 Å². The molecule has 0 fully saturated rings. The van der Waals surface area contributed by atoms with E-state index in [9.17, 15) is 4.79 Å². The van der Waals surface area contributed by atoms with Crippen LogP contribution in [0.2, 0.25) is 0 Å². The summed E-state index contributed by atoms with van der Waals surface area (Å²) in [6.45, 7) is 1.13. The number of methoxy groups -OCH3 is 2. The Bertz CT molecular complexity index is 354. The van der Waals surface area contributed by atoms with Gasteiger partial charge in [-0.3, -0.25) is 4.79 Å². The summed E-state index contributed by atoms with van der Waals surface area (Å²) in [7, 11) is 3.29. The van der Waals surface area contributed by atoms with Gasteiger partial charge in [-0.25, -0.2) is 0 Å². The summed E-state index contributed by atoms with van der Waals surface area (Å²) < 4.78 is 10.1. The molecule has 1 rings (SSSR count). The van der Waals surface area contributed by atoms with Crippen LogP contribution in [0.15, 0.2) is 30.3 Å². The van der Waals surface area contributed by atoms with Crippen LogP contribution in [0.25, 0.3) is 0 Å². The molecule has 1 N–H and O–H groups in total. The molecule has 19 heavy (non-hydrogen) atoms. The molecule has 106 valence electrons. The number of hydrogen-bond donors (Lipinski definition) is 1. The lowest BCUT2D eigenvalue weighted by Crippen LogP contribution is -2.39. The smallest absolute Gasteiger partial charge is 0.220 e. The molecule has 0 heterocycles. The van der Waals surface area contributed by atoms with Crippen molar-refractivity contribution in [2.75, 3.05) is 27.4 Å². The van der Waals surface area contributed by atoms with Crippen LogP contribution in [0.5, 0.6) is 0 Å². The summed E-state index contributed by atoms with van der Waals surface area (Å²) in [6, 6.07) is 10.1. The van der Waals surface area contributed by atoms with Gasteiger partial charge in [0.25, 0.3) is 0 Å². The van der Waals surface area contributed by atoms with Crippen LogP contribution >= 0.6 is 0 Å². The minimum Gasteiger partial charge on any atom is -0.385 e. The van der Waals surface area contributed by atoms with Crippen molar-refractivity contribution < 1.29 is 14.3 Å². The Labute approximate surface area is 115 Å². The van der Waals surface area contributed by atoms with Crippen molar-refractivity contribution in [3.05, 3.63) is 35.9 Å². The summed E-state index contributed by atoms with van der Waals surface area (Å²) in [5.41, 5.74) is 1.20. The molecule has 4 nitrogen and oxygen atoms in total. The van der Waals surface area contributed by atoms with Crippen LogP contribution in [-0.4, -0.2) is 39.4 Å². The number of carbonyl (C=O) groups excluding carboxylic acids is 1. The van der Waals surface area contributed by atoms with E-state index in [-0.39, 0.29) is 11.9 Å². The molecular formula is C15H23NO3. The van der Waals surface area contributed by atoms with Gasteiger partial charge >= 0.3 is 0 Å². The van der Waals surface area contributed by atoms with Crippen molar-refractivity contribution in [1.82, 2.24) is 5.32 Å². The molecule has 1 aromatic rings. The molecule has 0 saturated heterocycles. The van der Waals surface area contributed by atoms with Gasteiger partial charge in [0.15, 0.2) is 0 Å². The first kappa shape index (κ1) is 15.7. The van der Waals surface area contributed by atoms with Crippen LogP contribution in [0, 0.1) is 0 Å². The summed E-state index contributed by atoms with van der Waals surface area (Å²) in [5.74, 6) is 0.0510. The molecule has 0 bridgehead atoms. The normalized spacial score (nSPS) is 12.1. The predicted molar refractivity (Wildman–Crippen MR) is 75.1 cm³/mol. The molecule has 0 radical (unpaired) electrons. The number of carbonyl (C=O) groups is 1. The van der Waals surface area contributed by atoms with E-state index >= 15 is 0 Å². The average Bonchev–Trinajstić information content (AvgIpc) is 2.40. The second kappa shape index (κ2) is 9.53. The first-order valence-corrected chi connectivity index (χ1v) is 6.57. The number of nitrogens with one attached hydrogen (secondary N) is 1. The fraction of sp³-hybridized carbons (Fsp3) is 0.533. The van der Waals surface area contributed by atoms with Crippen molar-refractivity contribution in [2.45, 2.75) is 25.3 Å². The average molecular weight is 265 g/mol. The van der Waals surface area contributed by atoms with E-state index in [1.807, 2.05) is 18.2 Å². The van der Waals surface area contributed by atoms with E-state index in [4.69, 9.17) is 9.47 Å². The zero-order chi connectivity index (χ0) is 13.9. The highest BCUT2D eigenvalue weighted by Crippen LogP contribution is 2.04. The third kappa shape index (κ3) is 6.94. The quantitative estimate of drug-likeness (QED) is 0.692. The maximum atomic E-state index is 11.8. The number of amides is 1. The lowest BCUT2D eigenvalue weighted by Gasteiger charge is -2.18. The molecule has 0 aliphatic rings. The molecule has 0 spiro atoms. The fourth-order valence-electron chi connectivity index (χ4n) is 1.93. The standard InChI is InChI=1S/C15H23NO3/c1-18-10-6-9-15(17)16-14(12-19-2)11-13-7-4-3-5-8-13/h3-5,7-8,14H,6,9-12H2,1-2H3,(H,16,17)/t14-/m0/s1. The largest absolute Gasteiger partial charge is 0.385 e. The Morgan fingerprint density at radius 3 is 2.58 bits per heavy atom. The topological polar surface area (TPSA) is 47.6 Å². The molecule has 1 aromatic carbocycles. The zero-order valence-electron chi connectivity index (χ0n) is 11.7. The molecule has 0 saturated carbocycles. The molecule has 0 aliphatic heterocycles. The van der Waals surface area contributed by atoms with Crippen molar-refractivity contribution >= 4 is 5.91 Å². The molecule has 1 atom stereocenters. The Hall–Kier alpha value is -1.39. The Morgan fingerprint density at radius 1 is 1.21 bits per heavy atom. The predicted octanol–water partition coefficient (Wildman–Crippen LogP) is 1.79. The maximum Gasteiger partial charge on any atom is 0.220 e. The van der Waals surface area contributed by atoms with Crippen molar-refractivity contribution in [1.29, 1.82) is 0 Å². The van der Waals surface area contributed by atoms with Gasteiger partial charge in [-0.2, -0.15) is 0 Å². The molecule has 4 heteroatoms. The first-order valence-electron chi connectivity index (χ1n) is 6.57. The second-order valence-corrected chi connectivity index (χ2v) is 4.51. The van der Waals surface area contributed by atoms with E-state index in [0.29, 0.717) is 19.6 Å². The van der Waals surface area contributed by atoms with Crippen molar-refractivity contribution in [3.63, 3.8) is 0 Å². The van der Waals surface area contributed by atoms with Crippen LogP contribution in [0.1, 0.15) is 18.4 Å². The Kier molecular flexibility index (Phi) is 7.86. The van der Waals surface area contributed by atoms with Crippen molar-refractivity contribution in [3.8, 4) is 0 Å². The summed E-state index contributed by atoms with van der Waals surface area (Å²) in [6.07, 6.45) is 2.01. The van der Waals surface area contributed by atoms with Gasteiger partial charge < -0.3 is 14.8 Å². The molecule has 1 amide bonds. The van der Waals surface area contributed by atoms with E-state index in [1.54, 1.807) is 14.2 Å². The van der Waals surface area contributed by atoms with Gasteiger partial charge in [0.1, 0.15) is 0 Å². The van der Waals surface area contributed by atoms with Crippen LogP contribution in [-0.2, 0) is 20.7 Å². The SMILES string of the molecule is COCCCC(=O)N[C@H](COC)Cc1ccccc1. The third-order valence-corrected chi connectivity index (χ3v) is 2.81. The molecule has 0 unspecified atom stereocenters. The highest BCUT2D eigenvalue weighted by molar-refractivity contribution is 5.76.